The molecule has 0 aliphatic rings. The summed E-state index contributed by atoms with van der Waals surface area (Å²) in [5, 5.41) is 0. The Labute approximate surface area is 155 Å². The van der Waals surface area contributed by atoms with Crippen LogP contribution in [0.4, 0.5) is 0 Å². The highest BCUT2D eigenvalue weighted by Crippen LogP contribution is 2.22. The van der Waals surface area contributed by atoms with E-state index < -0.39 is 0 Å². The molecule has 3 rings (SSSR count). The summed E-state index contributed by atoms with van der Waals surface area (Å²) in [7, 11) is 1.66. The van der Waals surface area contributed by atoms with Crippen LogP contribution < -0.4 is 9.47 Å². The highest BCUT2D eigenvalue weighted by molar-refractivity contribution is 5.75. The van der Waals surface area contributed by atoms with E-state index in [2.05, 4.69) is 29.7 Å². The van der Waals surface area contributed by atoms with Crippen molar-refractivity contribution in [2.24, 2.45) is 0 Å². The van der Waals surface area contributed by atoms with Gasteiger partial charge in [-0.25, -0.2) is 4.98 Å². The van der Waals surface area contributed by atoms with Crippen LogP contribution >= 0.6 is 0 Å². The Bertz CT molecular complexity index is 826. The summed E-state index contributed by atoms with van der Waals surface area (Å²) in [5.41, 5.74) is 2.22. The lowest BCUT2D eigenvalue weighted by Gasteiger charge is -2.11. The number of methoxy groups -OCH3 is 1. The van der Waals surface area contributed by atoms with Gasteiger partial charge in [0.25, 0.3) is 0 Å². The lowest BCUT2D eigenvalue weighted by molar-refractivity contribution is 0.287. The lowest BCUT2D eigenvalue weighted by atomic mass is 10.1. The minimum absolute atomic E-state index is 0.455. The normalized spacial score (nSPS) is 11.0. The van der Waals surface area contributed by atoms with Crippen molar-refractivity contribution < 1.29 is 9.47 Å². The number of fused-ring (bicyclic) bond motifs is 1. The van der Waals surface area contributed by atoms with E-state index >= 15 is 0 Å². The third-order valence-corrected chi connectivity index (χ3v) is 4.63. The molecule has 1 heterocycles. The monoisotopic (exact) mass is 352 g/mol. The van der Waals surface area contributed by atoms with Crippen LogP contribution in [0.5, 0.6) is 11.5 Å². The van der Waals surface area contributed by atoms with E-state index in [0.29, 0.717) is 6.61 Å². The molecule has 4 heteroatoms. The highest BCUT2D eigenvalue weighted by Gasteiger charge is 2.11. The van der Waals surface area contributed by atoms with E-state index in [-0.39, 0.29) is 0 Å². The second-order valence-electron chi connectivity index (χ2n) is 6.55. The molecular formula is C22H28N2O2. The van der Waals surface area contributed by atoms with Gasteiger partial charge in [0.15, 0.2) is 0 Å². The van der Waals surface area contributed by atoms with E-state index in [9.17, 15) is 0 Å². The van der Waals surface area contributed by atoms with Crippen LogP contribution in [0.1, 0.15) is 44.9 Å². The summed E-state index contributed by atoms with van der Waals surface area (Å²) in [6, 6.07) is 16.0. The van der Waals surface area contributed by atoms with Crippen LogP contribution in [0.15, 0.2) is 48.5 Å². The molecule has 26 heavy (non-hydrogen) atoms. The van der Waals surface area contributed by atoms with Gasteiger partial charge < -0.3 is 14.0 Å². The molecule has 2 aromatic carbocycles. The van der Waals surface area contributed by atoms with Gasteiger partial charge in [-0.05, 0) is 30.7 Å². The second-order valence-corrected chi connectivity index (χ2v) is 6.55. The molecular weight excluding hydrogens is 324 g/mol. The molecule has 1 aromatic heterocycles. The topological polar surface area (TPSA) is 36.3 Å². The number of imidazole rings is 1. The van der Waals surface area contributed by atoms with Gasteiger partial charge in [0, 0.05) is 12.6 Å². The number of rotatable bonds is 10. The highest BCUT2D eigenvalue weighted by atomic mass is 16.5. The third kappa shape index (κ3) is 4.57. The first kappa shape index (κ1) is 18.3. The predicted octanol–water partition coefficient (Wildman–Crippen LogP) is 5.59. The maximum absolute atomic E-state index is 5.99. The molecule has 0 saturated heterocycles. The van der Waals surface area contributed by atoms with Gasteiger partial charge in [-0.15, -0.1) is 0 Å². The molecule has 4 nitrogen and oxygen atoms in total. The first-order valence-electron chi connectivity index (χ1n) is 9.53. The van der Waals surface area contributed by atoms with Crippen molar-refractivity contribution in [1.29, 1.82) is 0 Å². The zero-order valence-electron chi connectivity index (χ0n) is 15.8. The molecule has 0 aliphatic heterocycles. The fourth-order valence-corrected chi connectivity index (χ4v) is 3.20. The third-order valence-electron chi connectivity index (χ3n) is 4.63. The summed E-state index contributed by atoms with van der Waals surface area (Å²) >= 11 is 0. The molecule has 138 valence electrons. The summed E-state index contributed by atoms with van der Waals surface area (Å²) in [6.45, 7) is 3.69. The summed E-state index contributed by atoms with van der Waals surface area (Å²) in [5.74, 6) is 2.57. The Hall–Kier alpha value is -2.49. The average molecular weight is 352 g/mol. The smallest absolute Gasteiger partial charge is 0.147 e. The Morgan fingerprint density at radius 1 is 0.923 bits per heavy atom. The quantitative estimate of drug-likeness (QED) is 0.446. The van der Waals surface area contributed by atoms with Crippen molar-refractivity contribution in [1.82, 2.24) is 9.55 Å². The molecule has 0 N–H and O–H groups in total. The van der Waals surface area contributed by atoms with Crippen molar-refractivity contribution in [3.63, 3.8) is 0 Å². The largest absolute Gasteiger partial charge is 0.497 e. The maximum atomic E-state index is 5.99. The van der Waals surface area contributed by atoms with Crippen molar-refractivity contribution in [3.8, 4) is 11.5 Å². The second kappa shape index (κ2) is 9.27. The molecule has 0 unspecified atom stereocenters. The van der Waals surface area contributed by atoms with Crippen LogP contribution in [0.25, 0.3) is 11.0 Å². The number of para-hydroxylation sites is 2. The lowest BCUT2D eigenvalue weighted by Crippen LogP contribution is -2.07. The number of hydrogen-bond donors (Lipinski definition) is 0. The van der Waals surface area contributed by atoms with Crippen LogP contribution in [-0.4, -0.2) is 16.7 Å². The molecule has 0 bridgehead atoms. The van der Waals surface area contributed by atoms with Crippen LogP contribution in [0.3, 0.4) is 0 Å². The zero-order chi connectivity index (χ0) is 18.2. The Balaban J connectivity index is 1.72. The SMILES string of the molecule is CCCCCCCn1c(COc2cccc(OC)c2)nc2ccccc21. The number of ether oxygens (including phenoxy) is 2. The van der Waals surface area contributed by atoms with E-state index in [1.54, 1.807) is 7.11 Å². The molecule has 0 spiro atoms. The van der Waals surface area contributed by atoms with Crippen LogP contribution in [-0.2, 0) is 13.2 Å². The molecule has 0 aliphatic carbocycles. The van der Waals surface area contributed by atoms with Crippen molar-refractivity contribution in [2.45, 2.75) is 52.2 Å². The van der Waals surface area contributed by atoms with Gasteiger partial charge in [-0.3, -0.25) is 0 Å². The first-order valence-corrected chi connectivity index (χ1v) is 9.53. The zero-order valence-corrected chi connectivity index (χ0v) is 15.8. The molecule has 0 radical (unpaired) electrons. The van der Waals surface area contributed by atoms with E-state index in [1.165, 1.54) is 37.6 Å². The minimum atomic E-state index is 0.455. The number of hydrogen-bond acceptors (Lipinski definition) is 3. The van der Waals surface area contributed by atoms with Gasteiger partial charge in [-0.1, -0.05) is 50.8 Å². The van der Waals surface area contributed by atoms with E-state index in [0.717, 1.165) is 29.4 Å². The molecule has 0 saturated carbocycles. The fourth-order valence-electron chi connectivity index (χ4n) is 3.20. The van der Waals surface area contributed by atoms with Gasteiger partial charge in [-0.2, -0.15) is 0 Å². The van der Waals surface area contributed by atoms with Crippen molar-refractivity contribution in [3.05, 3.63) is 54.4 Å². The van der Waals surface area contributed by atoms with Gasteiger partial charge in [0.05, 0.1) is 18.1 Å². The molecule has 0 fully saturated rings. The van der Waals surface area contributed by atoms with Crippen molar-refractivity contribution >= 4 is 11.0 Å². The molecule has 3 aromatic rings. The number of aryl methyl sites for hydroxylation is 1. The maximum Gasteiger partial charge on any atom is 0.147 e. The average Bonchev–Trinajstić information content (AvgIpc) is 3.04. The van der Waals surface area contributed by atoms with Crippen LogP contribution in [0, 0.1) is 0 Å². The first-order chi connectivity index (χ1) is 12.8. The Morgan fingerprint density at radius 3 is 2.58 bits per heavy atom. The number of benzene rings is 2. The molecule has 0 atom stereocenters. The Kier molecular flexibility index (Phi) is 6.53. The van der Waals surface area contributed by atoms with Crippen molar-refractivity contribution in [2.75, 3.05) is 7.11 Å². The van der Waals surface area contributed by atoms with Gasteiger partial charge >= 0.3 is 0 Å². The predicted molar refractivity (Wildman–Crippen MR) is 106 cm³/mol. The number of aromatic nitrogens is 2. The summed E-state index contributed by atoms with van der Waals surface area (Å²) < 4.78 is 13.6. The fraction of sp³-hybridized carbons (Fsp3) is 0.409. The van der Waals surface area contributed by atoms with Gasteiger partial charge in [0.2, 0.25) is 0 Å². The summed E-state index contributed by atoms with van der Waals surface area (Å²) in [6.07, 6.45) is 6.33. The van der Waals surface area contributed by atoms with E-state index in [1.807, 2.05) is 30.3 Å². The number of nitrogens with zero attached hydrogens (tertiary/aromatic N) is 2. The molecule has 0 amide bonds. The standard InChI is InChI=1S/C22H28N2O2/c1-3-4-5-6-9-15-24-21-14-8-7-13-20(21)23-22(24)17-26-19-12-10-11-18(16-19)25-2/h7-8,10-14,16H,3-6,9,15,17H2,1-2H3. The van der Waals surface area contributed by atoms with Crippen LogP contribution in [0.2, 0.25) is 0 Å². The summed E-state index contributed by atoms with van der Waals surface area (Å²) in [4.78, 5) is 4.79. The van der Waals surface area contributed by atoms with E-state index in [4.69, 9.17) is 14.5 Å². The van der Waals surface area contributed by atoms with Gasteiger partial charge in [0.1, 0.15) is 23.9 Å². The Morgan fingerprint density at radius 2 is 1.73 bits per heavy atom. The minimum Gasteiger partial charge on any atom is -0.497 e. The number of unbranched alkanes of at least 4 members (excludes halogenated alkanes) is 4.